The second-order valence-corrected chi connectivity index (χ2v) is 6.17. The highest BCUT2D eigenvalue weighted by Crippen LogP contribution is 2.27. The molecule has 0 fully saturated rings. The molecule has 0 saturated heterocycles. The van der Waals surface area contributed by atoms with E-state index in [1.165, 1.54) is 18.2 Å². The van der Waals surface area contributed by atoms with Crippen molar-refractivity contribution in [3.8, 4) is 5.75 Å². The minimum atomic E-state index is -4.46. The summed E-state index contributed by atoms with van der Waals surface area (Å²) in [6.07, 6.45) is -4.46. The lowest BCUT2D eigenvalue weighted by Gasteiger charge is -2.14. The normalized spacial score (nSPS) is 11.4. The van der Waals surface area contributed by atoms with Gasteiger partial charge < -0.3 is 10.1 Å². The largest absolute Gasteiger partial charge is 0.482 e. The smallest absolute Gasteiger partial charge is 0.422 e. The summed E-state index contributed by atoms with van der Waals surface area (Å²) >= 11 is 0. The zero-order valence-electron chi connectivity index (χ0n) is 14.7. The molecule has 0 atom stereocenters. The number of anilines is 1. The van der Waals surface area contributed by atoms with Crippen LogP contribution in [0.4, 0.5) is 18.9 Å². The quantitative estimate of drug-likeness (QED) is 0.696. The summed E-state index contributed by atoms with van der Waals surface area (Å²) in [5.41, 5.74) is 2.83. The molecule has 3 rings (SSSR count). The number of halogens is 3. The number of hydrogen-bond acceptors (Lipinski definition) is 3. The van der Waals surface area contributed by atoms with E-state index in [1.807, 2.05) is 25.1 Å². The van der Waals surface area contributed by atoms with E-state index in [0.717, 1.165) is 16.5 Å². The van der Waals surface area contributed by atoms with Crippen molar-refractivity contribution in [2.45, 2.75) is 20.0 Å². The van der Waals surface area contributed by atoms with Crippen molar-refractivity contribution < 1.29 is 22.7 Å². The highest BCUT2D eigenvalue weighted by molar-refractivity contribution is 6.07. The standard InChI is InChI=1S/C20H17F3N2O2/c1-12-7-8-16-14(9-12)10-15(13(2)24-16)19(26)25-17-5-3-4-6-18(17)27-11-20(21,22)23/h3-10H,11H2,1-2H3,(H,25,26). The van der Waals surface area contributed by atoms with Gasteiger partial charge in [0.05, 0.1) is 22.5 Å². The van der Waals surface area contributed by atoms with E-state index in [4.69, 9.17) is 4.74 Å². The van der Waals surface area contributed by atoms with Crippen LogP contribution in [0.15, 0.2) is 48.5 Å². The highest BCUT2D eigenvalue weighted by Gasteiger charge is 2.29. The number of aromatic nitrogens is 1. The van der Waals surface area contributed by atoms with Crippen molar-refractivity contribution in [1.29, 1.82) is 0 Å². The summed E-state index contributed by atoms with van der Waals surface area (Å²) in [7, 11) is 0. The molecule has 1 N–H and O–H groups in total. The third-order valence-corrected chi connectivity index (χ3v) is 3.93. The van der Waals surface area contributed by atoms with E-state index in [2.05, 4.69) is 10.3 Å². The summed E-state index contributed by atoms with van der Waals surface area (Å²) in [6.45, 7) is 2.21. The lowest BCUT2D eigenvalue weighted by Crippen LogP contribution is -2.20. The first kappa shape index (κ1) is 18.7. The predicted molar refractivity (Wildman–Crippen MR) is 97.2 cm³/mol. The van der Waals surface area contributed by atoms with Crippen molar-refractivity contribution in [2.75, 3.05) is 11.9 Å². The number of pyridine rings is 1. The number of ether oxygens (including phenoxy) is 1. The summed E-state index contributed by atoms with van der Waals surface area (Å²) in [5.74, 6) is -0.517. The fraction of sp³-hybridized carbons (Fsp3) is 0.200. The maximum absolute atomic E-state index is 12.7. The molecular weight excluding hydrogens is 357 g/mol. The van der Waals surface area contributed by atoms with E-state index < -0.39 is 18.7 Å². The van der Waals surface area contributed by atoms with Crippen LogP contribution in [0.2, 0.25) is 0 Å². The van der Waals surface area contributed by atoms with Crippen LogP contribution in [-0.2, 0) is 0 Å². The first-order valence-corrected chi connectivity index (χ1v) is 8.21. The fourth-order valence-corrected chi connectivity index (χ4v) is 2.67. The predicted octanol–water partition coefficient (Wildman–Crippen LogP) is 5.05. The monoisotopic (exact) mass is 374 g/mol. The Labute approximate surface area is 154 Å². The number of rotatable bonds is 4. The van der Waals surface area contributed by atoms with Crippen LogP contribution in [-0.4, -0.2) is 23.7 Å². The number of para-hydroxylation sites is 2. The average molecular weight is 374 g/mol. The number of nitrogens with one attached hydrogen (secondary N) is 1. The molecule has 0 aliphatic carbocycles. The summed E-state index contributed by atoms with van der Waals surface area (Å²) in [4.78, 5) is 17.1. The maximum atomic E-state index is 12.7. The Morgan fingerprint density at radius 2 is 1.85 bits per heavy atom. The van der Waals surface area contributed by atoms with Gasteiger partial charge in [-0.05, 0) is 44.2 Å². The Balaban J connectivity index is 1.88. The van der Waals surface area contributed by atoms with Crippen LogP contribution in [0.3, 0.4) is 0 Å². The molecule has 27 heavy (non-hydrogen) atoms. The van der Waals surface area contributed by atoms with Gasteiger partial charge in [-0.25, -0.2) is 0 Å². The van der Waals surface area contributed by atoms with Crippen LogP contribution in [0.5, 0.6) is 5.75 Å². The fourth-order valence-electron chi connectivity index (χ4n) is 2.67. The molecule has 0 aliphatic rings. The molecule has 1 aromatic heterocycles. The van der Waals surface area contributed by atoms with Crippen LogP contribution < -0.4 is 10.1 Å². The number of amides is 1. The van der Waals surface area contributed by atoms with E-state index in [9.17, 15) is 18.0 Å². The molecule has 1 heterocycles. The topological polar surface area (TPSA) is 51.2 Å². The zero-order chi connectivity index (χ0) is 19.6. The van der Waals surface area contributed by atoms with Crippen LogP contribution in [0.25, 0.3) is 10.9 Å². The number of alkyl halides is 3. The van der Waals surface area contributed by atoms with Gasteiger partial charge in [0.2, 0.25) is 0 Å². The molecule has 0 bridgehead atoms. The molecule has 0 saturated carbocycles. The highest BCUT2D eigenvalue weighted by atomic mass is 19.4. The Morgan fingerprint density at radius 3 is 2.59 bits per heavy atom. The van der Waals surface area contributed by atoms with E-state index in [1.54, 1.807) is 19.1 Å². The molecule has 7 heteroatoms. The van der Waals surface area contributed by atoms with Gasteiger partial charge >= 0.3 is 6.18 Å². The number of aryl methyl sites for hydroxylation is 2. The molecule has 0 spiro atoms. The molecule has 0 radical (unpaired) electrons. The van der Waals surface area contributed by atoms with Gasteiger partial charge in [0.25, 0.3) is 5.91 Å². The van der Waals surface area contributed by atoms with Crippen LogP contribution in [0, 0.1) is 13.8 Å². The first-order chi connectivity index (χ1) is 12.7. The zero-order valence-corrected chi connectivity index (χ0v) is 14.7. The number of carbonyl (C=O) groups is 1. The van der Waals surface area contributed by atoms with Gasteiger partial charge in [-0.3, -0.25) is 9.78 Å². The maximum Gasteiger partial charge on any atom is 0.422 e. The molecule has 2 aromatic carbocycles. The third kappa shape index (κ3) is 4.55. The molecule has 3 aromatic rings. The lowest BCUT2D eigenvalue weighted by atomic mass is 10.1. The van der Waals surface area contributed by atoms with Crippen molar-refractivity contribution in [3.05, 3.63) is 65.4 Å². The van der Waals surface area contributed by atoms with Gasteiger partial charge in [0.15, 0.2) is 6.61 Å². The number of benzene rings is 2. The molecule has 0 aliphatic heterocycles. The SMILES string of the molecule is Cc1ccc2nc(C)c(C(=O)Nc3ccccc3OCC(F)(F)F)cc2c1. The van der Waals surface area contributed by atoms with E-state index >= 15 is 0 Å². The van der Waals surface area contributed by atoms with Crippen molar-refractivity contribution in [2.24, 2.45) is 0 Å². The van der Waals surface area contributed by atoms with Gasteiger partial charge in [0.1, 0.15) is 5.75 Å². The molecule has 1 amide bonds. The van der Waals surface area contributed by atoms with E-state index in [0.29, 0.717) is 11.3 Å². The van der Waals surface area contributed by atoms with Crippen molar-refractivity contribution in [1.82, 2.24) is 4.98 Å². The minimum absolute atomic E-state index is 0.0505. The summed E-state index contributed by atoms with van der Waals surface area (Å²) in [5, 5.41) is 3.42. The van der Waals surface area contributed by atoms with Gasteiger partial charge in [-0.1, -0.05) is 23.8 Å². The molecule has 140 valence electrons. The molecule has 0 unspecified atom stereocenters. The molecule has 4 nitrogen and oxygen atoms in total. The minimum Gasteiger partial charge on any atom is -0.482 e. The van der Waals surface area contributed by atoms with Gasteiger partial charge in [0, 0.05) is 5.39 Å². The Morgan fingerprint density at radius 1 is 1.11 bits per heavy atom. The Hall–Kier alpha value is -3.09. The van der Waals surface area contributed by atoms with Crippen molar-refractivity contribution in [3.63, 3.8) is 0 Å². The number of fused-ring (bicyclic) bond motifs is 1. The summed E-state index contributed by atoms with van der Waals surface area (Å²) in [6, 6.07) is 13.4. The second kappa shape index (κ2) is 7.26. The van der Waals surface area contributed by atoms with E-state index in [-0.39, 0.29) is 11.4 Å². The lowest BCUT2D eigenvalue weighted by molar-refractivity contribution is -0.153. The van der Waals surface area contributed by atoms with Crippen LogP contribution in [0.1, 0.15) is 21.6 Å². The number of nitrogens with zero attached hydrogens (tertiary/aromatic N) is 1. The Kier molecular flexibility index (Phi) is 5.03. The van der Waals surface area contributed by atoms with Gasteiger partial charge in [-0.2, -0.15) is 13.2 Å². The summed E-state index contributed by atoms with van der Waals surface area (Å²) < 4.78 is 42.0. The first-order valence-electron chi connectivity index (χ1n) is 8.21. The number of hydrogen-bond donors (Lipinski definition) is 1. The van der Waals surface area contributed by atoms with Crippen LogP contribution >= 0.6 is 0 Å². The van der Waals surface area contributed by atoms with Gasteiger partial charge in [-0.15, -0.1) is 0 Å². The molecular formula is C20H17F3N2O2. The second-order valence-electron chi connectivity index (χ2n) is 6.17. The number of carbonyl (C=O) groups excluding carboxylic acids is 1. The Bertz CT molecular complexity index is 1000. The third-order valence-electron chi connectivity index (χ3n) is 3.93. The average Bonchev–Trinajstić information content (AvgIpc) is 2.60. The van der Waals surface area contributed by atoms with Crippen molar-refractivity contribution >= 4 is 22.5 Å².